The van der Waals surface area contributed by atoms with Gasteiger partial charge in [-0.3, -0.25) is 4.74 Å². The van der Waals surface area contributed by atoms with Crippen LogP contribution in [0.2, 0.25) is 0 Å². The second-order valence-corrected chi connectivity index (χ2v) is 4.87. The highest BCUT2D eigenvalue weighted by Crippen LogP contribution is 2.46. The van der Waals surface area contributed by atoms with E-state index in [9.17, 15) is 13.2 Å². The van der Waals surface area contributed by atoms with Crippen molar-refractivity contribution in [2.75, 3.05) is 26.2 Å². The lowest BCUT2D eigenvalue weighted by Crippen LogP contribution is -2.32. The van der Waals surface area contributed by atoms with Gasteiger partial charge in [-0.2, -0.15) is 0 Å². The number of alkyl halides is 3. The van der Waals surface area contributed by atoms with Crippen molar-refractivity contribution in [1.82, 2.24) is 4.90 Å². The van der Waals surface area contributed by atoms with E-state index in [1.54, 1.807) is 0 Å². The lowest BCUT2D eigenvalue weighted by molar-refractivity contribution is -0.340. The number of aliphatic hydroxyl groups excluding tert-OH is 1. The molecule has 0 spiro atoms. The first-order valence-corrected chi connectivity index (χ1v) is 5.50. The van der Waals surface area contributed by atoms with E-state index < -0.39 is 12.5 Å². The summed E-state index contributed by atoms with van der Waals surface area (Å²) < 4.78 is 39.9. The van der Waals surface area contributed by atoms with Crippen LogP contribution in [-0.2, 0) is 4.74 Å². The van der Waals surface area contributed by atoms with Crippen LogP contribution < -0.4 is 0 Å². The standard InChI is InChI=1S/C10H16F3NO2/c11-10(12,13)16-8-1-4-14(5-8)6-9(7-15)2-3-9/h8,15H,1-7H2/t8-/m1/s1. The Hall–Kier alpha value is -0.330. The second kappa shape index (κ2) is 4.16. The number of hydrogen-bond acceptors (Lipinski definition) is 3. The van der Waals surface area contributed by atoms with Gasteiger partial charge in [0.05, 0.1) is 6.10 Å². The molecule has 1 atom stereocenters. The molecule has 1 saturated carbocycles. The van der Waals surface area contributed by atoms with Crippen LogP contribution in [0.15, 0.2) is 0 Å². The van der Waals surface area contributed by atoms with Crippen molar-refractivity contribution >= 4 is 0 Å². The fourth-order valence-electron chi connectivity index (χ4n) is 2.24. The third-order valence-corrected chi connectivity index (χ3v) is 3.38. The summed E-state index contributed by atoms with van der Waals surface area (Å²) in [6, 6.07) is 0. The Bertz CT molecular complexity index is 253. The van der Waals surface area contributed by atoms with Crippen LogP contribution in [0.3, 0.4) is 0 Å². The molecule has 94 valence electrons. The summed E-state index contributed by atoms with van der Waals surface area (Å²) in [6.07, 6.45) is -2.90. The fraction of sp³-hybridized carbons (Fsp3) is 1.00. The number of likely N-dealkylation sites (tertiary alicyclic amines) is 1. The maximum Gasteiger partial charge on any atom is 0.522 e. The number of hydrogen-bond donors (Lipinski definition) is 1. The number of ether oxygens (including phenoxy) is 1. The van der Waals surface area contributed by atoms with Crippen molar-refractivity contribution in [3.63, 3.8) is 0 Å². The molecule has 0 aromatic rings. The van der Waals surface area contributed by atoms with Crippen molar-refractivity contribution in [1.29, 1.82) is 0 Å². The van der Waals surface area contributed by atoms with Gasteiger partial charge in [-0.1, -0.05) is 0 Å². The van der Waals surface area contributed by atoms with E-state index in [0.29, 0.717) is 26.1 Å². The van der Waals surface area contributed by atoms with E-state index in [1.165, 1.54) is 0 Å². The van der Waals surface area contributed by atoms with Crippen LogP contribution in [0.5, 0.6) is 0 Å². The summed E-state index contributed by atoms with van der Waals surface area (Å²) in [5.41, 5.74) is -0.0346. The lowest BCUT2D eigenvalue weighted by atomic mass is 10.1. The SMILES string of the molecule is OCC1(CN2CC[C@@H](OC(F)(F)F)C2)CC1. The zero-order chi connectivity index (χ0) is 11.8. The van der Waals surface area contributed by atoms with Crippen LogP contribution in [0.4, 0.5) is 13.2 Å². The molecule has 0 aromatic heterocycles. The van der Waals surface area contributed by atoms with Gasteiger partial charge in [-0.15, -0.1) is 13.2 Å². The molecular formula is C10H16F3NO2. The van der Waals surface area contributed by atoms with Crippen LogP contribution >= 0.6 is 0 Å². The van der Waals surface area contributed by atoms with E-state index in [2.05, 4.69) is 4.74 Å². The van der Waals surface area contributed by atoms with Gasteiger partial charge in [-0.25, -0.2) is 0 Å². The zero-order valence-corrected chi connectivity index (χ0v) is 8.96. The maximum absolute atomic E-state index is 12.0. The normalized spacial score (nSPS) is 29.6. The fourth-order valence-corrected chi connectivity index (χ4v) is 2.24. The molecule has 2 aliphatic rings. The monoisotopic (exact) mass is 239 g/mol. The molecule has 1 heterocycles. The maximum atomic E-state index is 12.0. The molecule has 0 radical (unpaired) electrons. The van der Waals surface area contributed by atoms with Gasteiger partial charge in [0.1, 0.15) is 0 Å². The highest BCUT2D eigenvalue weighted by molar-refractivity contribution is 4.96. The molecule has 6 heteroatoms. The minimum absolute atomic E-state index is 0.0346. The van der Waals surface area contributed by atoms with E-state index in [0.717, 1.165) is 12.8 Å². The zero-order valence-electron chi connectivity index (χ0n) is 8.96. The Balaban J connectivity index is 1.75. The molecule has 0 bridgehead atoms. The van der Waals surface area contributed by atoms with Crippen molar-refractivity contribution < 1.29 is 23.0 Å². The van der Waals surface area contributed by atoms with Gasteiger partial charge in [-0.05, 0) is 19.3 Å². The van der Waals surface area contributed by atoms with E-state index in [1.807, 2.05) is 4.90 Å². The minimum Gasteiger partial charge on any atom is -0.396 e. The van der Waals surface area contributed by atoms with Crippen LogP contribution in [0.1, 0.15) is 19.3 Å². The van der Waals surface area contributed by atoms with Crippen molar-refractivity contribution in [3.05, 3.63) is 0 Å². The van der Waals surface area contributed by atoms with Gasteiger partial charge in [0, 0.05) is 31.7 Å². The predicted molar refractivity (Wildman–Crippen MR) is 50.7 cm³/mol. The molecule has 1 N–H and O–H groups in total. The van der Waals surface area contributed by atoms with Crippen LogP contribution in [0.25, 0.3) is 0 Å². The first-order chi connectivity index (χ1) is 7.42. The molecule has 0 aromatic carbocycles. The van der Waals surface area contributed by atoms with Crippen LogP contribution in [-0.4, -0.2) is 48.7 Å². The Morgan fingerprint density at radius 2 is 2.06 bits per heavy atom. The van der Waals surface area contributed by atoms with Gasteiger partial charge < -0.3 is 10.0 Å². The number of halogens is 3. The van der Waals surface area contributed by atoms with E-state index in [4.69, 9.17) is 5.11 Å². The molecule has 2 fully saturated rings. The summed E-state index contributed by atoms with van der Waals surface area (Å²) >= 11 is 0. The van der Waals surface area contributed by atoms with Gasteiger partial charge in [0.15, 0.2) is 0 Å². The van der Waals surface area contributed by atoms with Crippen molar-refractivity contribution in [2.45, 2.75) is 31.7 Å². The Morgan fingerprint density at radius 3 is 2.56 bits per heavy atom. The molecule has 1 saturated heterocycles. The molecule has 0 amide bonds. The summed E-state index contributed by atoms with van der Waals surface area (Å²) in [6.45, 7) is 1.78. The smallest absolute Gasteiger partial charge is 0.396 e. The van der Waals surface area contributed by atoms with Gasteiger partial charge in [0.2, 0.25) is 0 Å². The highest BCUT2D eigenvalue weighted by atomic mass is 19.4. The molecule has 1 aliphatic heterocycles. The topological polar surface area (TPSA) is 32.7 Å². The van der Waals surface area contributed by atoms with E-state index >= 15 is 0 Å². The Labute approximate surface area is 92.2 Å². The molecule has 16 heavy (non-hydrogen) atoms. The molecule has 1 aliphatic carbocycles. The Morgan fingerprint density at radius 1 is 1.38 bits per heavy atom. The van der Waals surface area contributed by atoms with Crippen molar-refractivity contribution in [3.8, 4) is 0 Å². The first kappa shape index (κ1) is 12.1. The number of aliphatic hydroxyl groups is 1. The molecule has 2 rings (SSSR count). The third kappa shape index (κ3) is 3.09. The molecule has 0 unspecified atom stereocenters. The quantitative estimate of drug-likeness (QED) is 0.804. The number of nitrogens with zero attached hydrogens (tertiary/aromatic N) is 1. The third-order valence-electron chi connectivity index (χ3n) is 3.38. The van der Waals surface area contributed by atoms with Crippen LogP contribution in [0, 0.1) is 5.41 Å². The number of rotatable bonds is 4. The predicted octanol–water partition coefficient (Wildman–Crippen LogP) is 1.37. The lowest BCUT2D eigenvalue weighted by Gasteiger charge is -2.21. The van der Waals surface area contributed by atoms with E-state index in [-0.39, 0.29) is 12.0 Å². The summed E-state index contributed by atoms with van der Waals surface area (Å²) in [5, 5.41) is 9.13. The summed E-state index contributed by atoms with van der Waals surface area (Å²) in [5.74, 6) is 0. The molecular weight excluding hydrogens is 223 g/mol. The minimum atomic E-state index is -4.53. The largest absolute Gasteiger partial charge is 0.522 e. The average Bonchev–Trinajstić information content (AvgIpc) is 2.80. The summed E-state index contributed by atoms with van der Waals surface area (Å²) in [4.78, 5) is 1.96. The first-order valence-electron chi connectivity index (χ1n) is 5.50. The van der Waals surface area contributed by atoms with Gasteiger partial charge >= 0.3 is 6.36 Å². The Kier molecular flexibility index (Phi) is 3.16. The molecule has 3 nitrogen and oxygen atoms in total. The highest BCUT2D eigenvalue weighted by Gasteiger charge is 2.45. The second-order valence-electron chi connectivity index (χ2n) is 4.87. The van der Waals surface area contributed by atoms with Crippen molar-refractivity contribution in [2.24, 2.45) is 5.41 Å². The average molecular weight is 239 g/mol. The summed E-state index contributed by atoms with van der Waals surface area (Å²) in [7, 11) is 0. The van der Waals surface area contributed by atoms with Gasteiger partial charge in [0.25, 0.3) is 0 Å².